The molecule has 1 aliphatic heterocycles. The topological polar surface area (TPSA) is 110 Å². The summed E-state index contributed by atoms with van der Waals surface area (Å²) in [6.45, 7) is 12.0. The smallest absolute Gasteiger partial charge is 0.270 e. The van der Waals surface area contributed by atoms with Gasteiger partial charge in [0, 0.05) is 28.9 Å². The molecule has 39 heavy (non-hydrogen) atoms. The maximum atomic E-state index is 11.4. The zero-order chi connectivity index (χ0) is 28.2. The minimum absolute atomic E-state index is 0.163. The molecule has 0 saturated carbocycles. The first kappa shape index (κ1) is 27.4. The third-order valence-electron chi connectivity index (χ3n) is 6.85. The quantitative estimate of drug-likeness (QED) is 0.162. The number of nitriles is 2. The predicted molar refractivity (Wildman–Crippen MR) is 153 cm³/mol. The van der Waals surface area contributed by atoms with Crippen LogP contribution in [0.3, 0.4) is 0 Å². The van der Waals surface area contributed by atoms with Gasteiger partial charge in [-0.05, 0) is 46.5 Å². The fourth-order valence-electron chi connectivity index (χ4n) is 5.18. The summed E-state index contributed by atoms with van der Waals surface area (Å²) in [7, 11) is -4.13. The monoisotopic (exact) mass is 534 g/mol. The van der Waals surface area contributed by atoms with E-state index in [1.165, 1.54) is 0 Å². The Bertz CT molecular complexity index is 1750. The van der Waals surface area contributed by atoms with E-state index in [-0.39, 0.29) is 29.0 Å². The second-order valence-electron chi connectivity index (χ2n) is 9.65. The van der Waals surface area contributed by atoms with Gasteiger partial charge in [0.15, 0.2) is 0 Å². The Morgan fingerprint density at radius 3 is 2.38 bits per heavy atom. The van der Waals surface area contributed by atoms with Crippen molar-refractivity contribution < 1.29 is 13.0 Å². The molecule has 0 amide bonds. The summed E-state index contributed by atoms with van der Waals surface area (Å²) < 4.78 is 32.2. The molecule has 7 nitrogen and oxygen atoms in total. The minimum atomic E-state index is -4.13. The van der Waals surface area contributed by atoms with E-state index in [1.54, 1.807) is 30.3 Å². The van der Waals surface area contributed by atoms with Gasteiger partial charge in [0.25, 0.3) is 15.8 Å². The number of allylic oxidation sites excluding steroid dienone is 6. The lowest BCUT2D eigenvalue weighted by Gasteiger charge is -2.27. The van der Waals surface area contributed by atoms with E-state index >= 15 is 0 Å². The molecule has 194 valence electrons. The number of hydrogen-bond acceptors (Lipinski definition) is 5. The van der Waals surface area contributed by atoms with E-state index in [9.17, 15) is 23.5 Å². The summed E-state index contributed by atoms with van der Waals surface area (Å²) >= 11 is 0. The molecule has 0 spiro atoms. The van der Waals surface area contributed by atoms with Gasteiger partial charge in [0.1, 0.15) is 0 Å². The average Bonchev–Trinajstić information content (AvgIpc) is 3.14. The van der Waals surface area contributed by atoms with E-state index < -0.39 is 15.5 Å². The molecule has 0 atom stereocenters. The summed E-state index contributed by atoms with van der Waals surface area (Å²) in [5.74, 6) is -0.378. The molecule has 0 radical (unpaired) electrons. The first-order chi connectivity index (χ1) is 18.6. The zero-order valence-electron chi connectivity index (χ0n) is 21.6. The van der Waals surface area contributed by atoms with Crippen LogP contribution in [-0.2, 0) is 15.5 Å². The van der Waals surface area contributed by atoms with Crippen molar-refractivity contribution >= 4 is 32.2 Å². The van der Waals surface area contributed by atoms with Crippen LogP contribution >= 0.6 is 0 Å². The van der Waals surface area contributed by atoms with Crippen molar-refractivity contribution in [3.05, 3.63) is 118 Å². The highest BCUT2D eigenvalue weighted by molar-refractivity contribution is 7.85. The van der Waals surface area contributed by atoms with Gasteiger partial charge in [0.2, 0.25) is 0 Å². The van der Waals surface area contributed by atoms with Crippen molar-refractivity contribution in [1.82, 2.24) is 0 Å². The Labute approximate surface area is 228 Å². The lowest BCUT2D eigenvalue weighted by atomic mass is 9.81. The Hall–Kier alpha value is -4.68. The fraction of sp³-hybridized carbons (Fsp3) is 0.194. The molecule has 0 saturated heterocycles. The number of fused-ring (bicyclic) bond motifs is 3. The predicted octanol–water partition coefficient (Wildman–Crippen LogP) is 6.40. The van der Waals surface area contributed by atoms with Gasteiger partial charge in [-0.15, -0.1) is 0 Å². The number of benzene rings is 3. The Morgan fingerprint density at radius 2 is 1.74 bits per heavy atom. The maximum Gasteiger partial charge on any atom is 0.270 e. The molecule has 0 bridgehead atoms. The van der Waals surface area contributed by atoms with Gasteiger partial charge < -0.3 is 4.90 Å². The number of hydrogen-bond donors (Lipinski definition) is 1. The number of anilines is 1. The Morgan fingerprint density at radius 1 is 1.05 bits per heavy atom. The van der Waals surface area contributed by atoms with E-state index in [0.717, 1.165) is 27.7 Å². The second kappa shape index (κ2) is 11.0. The van der Waals surface area contributed by atoms with Crippen LogP contribution in [0.2, 0.25) is 0 Å². The van der Waals surface area contributed by atoms with Crippen LogP contribution in [0.4, 0.5) is 5.69 Å². The zero-order valence-corrected chi connectivity index (χ0v) is 22.4. The molecular weight excluding hydrogens is 508 g/mol. The van der Waals surface area contributed by atoms with E-state index in [2.05, 4.69) is 30.8 Å². The van der Waals surface area contributed by atoms with Gasteiger partial charge in [-0.1, -0.05) is 74.5 Å². The standard InChI is InChI=1S/C31H26N4O3S/c1-31(2)28(17-15-24(20-32)29(26(21-33)34-3)23-11-5-4-6-12-23)35(18-9-19-39(36,37)38)27-16-14-22-10-7-8-13-25(22)30(27)31/h4-8,10-17H,9,18-19H2,1-2H3,(H,36,37,38)/b24-15+,28-17+,29-26+. The highest BCUT2D eigenvalue weighted by Gasteiger charge is 2.41. The van der Waals surface area contributed by atoms with Crippen molar-refractivity contribution in [2.45, 2.75) is 25.7 Å². The third-order valence-corrected chi connectivity index (χ3v) is 7.66. The lowest BCUT2D eigenvalue weighted by Crippen LogP contribution is -2.28. The van der Waals surface area contributed by atoms with E-state index in [1.807, 2.05) is 53.4 Å². The first-order valence-corrected chi connectivity index (χ1v) is 13.9. The molecule has 8 heteroatoms. The van der Waals surface area contributed by atoms with Crippen LogP contribution in [0.1, 0.15) is 31.4 Å². The van der Waals surface area contributed by atoms with Crippen molar-refractivity contribution in [2.75, 3.05) is 17.2 Å². The first-order valence-electron chi connectivity index (χ1n) is 12.3. The largest absolute Gasteiger partial charge is 0.344 e. The SMILES string of the molecule is [C-]#[N+]/C(C#N)=C(/C(C#N)=C/C=C1/N(CCCS(=O)(=O)O)c2ccc3ccccc3c2C1(C)C)c1ccccc1. The normalized spacial score (nSPS) is 16.3. The van der Waals surface area contributed by atoms with Crippen molar-refractivity contribution in [2.24, 2.45) is 0 Å². The average molecular weight is 535 g/mol. The highest BCUT2D eigenvalue weighted by Crippen LogP contribution is 2.50. The molecule has 1 N–H and O–H groups in total. The number of nitrogens with zero attached hydrogens (tertiary/aromatic N) is 4. The molecule has 1 aliphatic rings. The molecule has 4 rings (SSSR count). The molecule has 1 heterocycles. The molecule has 0 aromatic heterocycles. The van der Waals surface area contributed by atoms with Gasteiger partial charge >= 0.3 is 0 Å². The Kier molecular flexibility index (Phi) is 7.70. The van der Waals surface area contributed by atoms with E-state index in [4.69, 9.17) is 6.57 Å². The van der Waals surface area contributed by atoms with Crippen molar-refractivity contribution in [3.8, 4) is 12.1 Å². The van der Waals surface area contributed by atoms with Crippen molar-refractivity contribution in [3.63, 3.8) is 0 Å². The molecular formula is C31H26N4O3S. The highest BCUT2D eigenvalue weighted by atomic mass is 32.2. The minimum Gasteiger partial charge on any atom is -0.344 e. The summed E-state index contributed by atoms with van der Waals surface area (Å²) in [5.41, 5.74) is 3.11. The van der Waals surface area contributed by atoms with Crippen LogP contribution in [-0.4, -0.2) is 25.3 Å². The maximum absolute atomic E-state index is 11.4. The summed E-state index contributed by atoms with van der Waals surface area (Å²) in [6.07, 6.45) is 3.62. The van der Waals surface area contributed by atoms with Gasteiger partial charge in [-0.2, -0.15) is 13.7 Å². The van der Waals surface area contributed by atoms with Gasteiger partial charge in [0.05, 0.1) is 30.0 Å². The van der Waals surface area contributed by atoms with Crippen LogP contribution in [0.5, 0.6) is 0 Å². The van der Waals surface area contributed by atoms with Crippen LogP contribution in [0.15, 0.2) is 95.8 Å². The van der Waals surface area contributed by atoms with Crippen molar-refractivity contribution in [1.29, 1.82) is 10.5 Å². The van der Waals surface area contributed by atoms with Gasteiger partial charge in [-0.3, -0.25) is 4.55 Å². The van der Waals surface area contributed by atoms with Crippen LogP contribution in [0.25, 0.3) is 21.2 Å². The molecule has 0 unspecified atom stereocenters. The summed E-state index contributed by atoms with van der Waals surface area (Å²) in [6, 6.07) is 25.0. The van der Waals surface area contributed by atoms with Crippen LogP contribution in [0, 0.1) is 29.2 Å². The van der Waals surface area contributed by atoms with Gasteiger partial charge in [-0.25, -0.2) is 10.1 Å². The molecule has 3 aromatic carbocycles. The molecule has 0 aliphatic carbocycles. The second-order valence-corrected chi connectivity index (χ2v) is 11.2. The van der Waals surface area contributed by atoms with Crippen LogP contribution < -0.4 is 4.90 Å². The summed E-state index contributed by atoms with van der Waals surface area (Å²) in [5, 5.41) is 21.9. The number of rotatable bonds is 7. The fourth-order valence-corrected chi connectivity index (χ4v) is 5.68. The lowest BCUT2D eigenvalue weighted by molar-refractivity contribution is 0.481. The Balaban J connectivity index is 1.91. The molecule has 3 aromatic rings. The molecule has 0 fully saturated rings. The summed E-state index contributed by atoms with van der Waals surface area (Å²) in [4.78, 5) is 5.39. The van der Waals surface area contributed by atoms with E-state index in [0.29, 0.717) is 12.1 Å². The third kappa shape index (κ3) is 5.47.